The Morgan fingerprint density at radius 2 is 2.46 bits per heavy atom. The summed E-state index contributed by atoms with van der Waals surface area (Å²) in [7, 11) is 0. The fourth-order valence-electron chi connectivity index (χ4n) is 1.46. The molecule has 0 unspecified atom stereocenters. The third-order valence-electron chi connectivity index (χ3n) is 2.28. The first-order chi connectivity index (χ1) is 6.31. The number of hydrogen-bond acceptors (Lipinski definition) is 4. The molecular formula is C8H12N4O. The summed E-state index contributed by atoms with van der Waals surface area (Å²) in [6.07, 6.45) is 3.12. The highest BCUT2D eigenvalue weighted by atomic mass is 16.1. The highest BCUT2D eigenvalue weighted by molar-refractivity contribution is 5.38. The van der Waals surface area contributed by atoms with Crippen LogP contribution in [0.5, 0.6) is 0 Å². The lowest BCUT2D eigenvalue weighted by Gasteiger charge is -2.38. The fraction of sp³-hybridized carbons (Fsp3) is 0.500. The summed E-state index contributed by atoms with van der Waals surface area (Å²) in [5, 5.41) is 0. The Kier molecular flexibility index (Phi) is 2.02. The Morgan fingerprint density at radius 3 is 3.08 bits per heavy atom. The maximum Gasteiger partial charge on any atom is 0.290 e. The van der Waals surface area contributed by atoms with Crippen LogP contribution in [-0.4, -0.2) is 29.6 Å². The van der Waals surface area contributed by atoms with E-state index in [2.05, 4.69) is 9.97 Å². The monoisotopic (exact) mass is 180 g/mol. The van der Waals surface area contributed by atoms with Crippen molar-refractivity contribution in [2.24, 2.45) is 11.7 Å². The van der Waals surface area contributed by atoms with Crippen LogP contribution in [-0.2, 0) is 0 Å². The lowest BCUT2D eigenvalue weighted by molar-refractivity contribution is 0.415. The van der Waals surface area contributed by atoms with Gasteiger partial charge in [0.15, 0.2) is 5.82 Å². The Balaban J connectivity index is 2.12. The number of nitrogens with two attached hydrogens (primary N) is 1. The summed E-state index contributed by atoms with van der Waals surface area (Å²) < 4.78 is 0. The van der Waals surface area contributed by atoms with Gasteiger partial charge in [0.2, 0.25) is 0 Å². The molecule has 3 N–H and O–H groups in total. The number of aromatic amines is 1. The molecule has 5 heteroatoms. The quantitative estimate of drug-likeness (QED) is 0.622. The van der Waals surface area contributed by atoms with E-state index in [-0.39, 0.29) is 5.56 Å². The second-order valence-corrected chi connectivity index (χ2v) is 3.25. The average molecular weight is 180 g/mol. The van der Waals surface area contributed by atoms with Gasteiger partial charge in [0.1, 0.15) is 0 Å². The van der Waals surface area contributed by atoms with Gasteiger partial charge in [-0.2, -0.15) is 0 Å². The van der Waals surface area contributed by atoms with Crippen LogP contribution >= 0.6 is 0 Å². The molecule has 0 aromatic carbocycles. The van der Waals surface area contributed by atoms with Gasteiger partial charge in [-0.25, -0.2) is 4.98 Å². The summed E-state index contributed by atoms with van der Waals surface area (Å²) in [6, 6.07) is 0. The smallest absolute Gasteiger partial charge is 0.290 e. The summed E-state index contributed by atoms with van der Waals surface area (Å²) in [4.78, 5) is 19.8. The Labute approximate surface area is 75.6 Å². The summed E-state index contributed by atoms with van der Waals surface area (Å²) >= 11 is 0. The van der Waals surface area contributed by atoms with E-state index in [1.54, 1.807) is 6.20 Å². The van der Waals surface area contributed by atoms with Crippen molar-refractivity contribution in [3.05, 3.63) is 22.7 Å². The maximum absolute atomic E-state index is 11.3. The lowest BCUT2D eigenvalue weighted by Crippen LogP contribution is -2.52. The van der Waals surface area contributed by atoms with Gasteiger partial charge in [0.05, 0.1) is 0 Å². The van der Waals surface area contributed by atoms with Gasteiger partial charge in [0, 0.05) is 31.4 Å². The molecule has 2 heterocycles. The summed E-state index contributed by atoms with van der Waals surface area (Å²) in [5.74, 6) is 1.02. The molecule has 0 atom stereocenters. The molecule has 2 rings (SSSR count). The van der Waals surface area contributed by atoms with Crippen LogP contribution in [0.1, 0.15) is 0 Å². The minimum atomic E-state index is -0.127. The highest BCUT2D eigenvalue weighted by Crippen LogP contribution is 2.17. The third kappa shape index (κ3) is 1.42. The second-order valence-electron chi connectivity index (χ2n) is 3.25. The van der Waals surface area contributed by atoms with Crippen LogP contribution in [0, 0.1) is 5.92 Å². The zero-order valence-corrected chi connectivity index (χ0v) is 7.23. The Bertz CT molecular complexity index is 342. The number of anilines is 1. The van der Waals surface area contributed by atoms with E-state index < -0.39 is 0 Å². The van der Waals surface area contributed by atoms with Gasteiger partial charge in [-0.3, -0.25) is 4.79 Å². The minimum Gasteiger partial charge on any atom is -0.351 e. The SMILES string of the molecule is NCC1CN(c2ncc[nH]c2=O)C1. The highest BCUT2D eigenvalue weighted by Gasteiger charge is 2.27. The number of aromatic nitrogens is 2. The van der Waals surface area contributed by atoms with Gasteiger partial charge in [-0.15, -0.1) is 0 Å². The van der Waals surface area contributed by atoms with Crippen molar-refractivity contribution in [2.75, 3.05) is 24.5 Å². The van der Waals surface area contributed by atoms with Crippen molar-refractivity contribution in [3.63, 3.8) is 0 Å². The first-order valence-electron chi connectivity index (χ1n) is 4.30. The Hall–Kier alpha value is -1.36. The molecule has 1 aromatic heterocycles. The molecule has 0 bridgehead atoms. The van der Waals surface area contributed by atoms with Crippen LogP contribution in [0.2, 0.25) is 0 Å². The topological polar surface area (TPSA) is 75.0 Å². The van der Waals surface area contributed by atoms with Crippen molar-refractivity contribution >= 4 is 5.82 Å². The van der Waals surface area contributed by atoms with E-state index in [9.17, 15) is 4.79 Å². The van der Waals surface area contributed by atoms with Crippen LogP contribution in [0.25, 0.3) is 0 Å². The van der Waals surface area contributed by atoms with Gasteiger partial charge in [-0.1, -0.05) is 0 Å². The van der Waals surface area contributed by atoms with E-state index in [1.807, 2.05) is 4.90 Å². The van der Waals surface area contributed by atoms with Crippen LogP contribution in [0.15, 0.2) is 17.2 Å². The van der Waals surface area contributed by atoms with Crippen LogP contribution < -0.4 is 16.2 Å². The molecule has 1 aliphatic heterocycles. The molecule has 0 amide bonds. The largest absolute Gasteiger partial charge is 0.351 e. The van der Waals surface area contributed by atoms with Crippen LogP contribution in [0.3, 0.4) is 0 Å². The number of H-pyrrole nitrogens is 1. The van der Waals surface area contributed by atoms with Crippen molar-refractivity contribution in [3.8, 4) is 0 Å². The summed E-state index contributed by atoms with van der Waals surface area (Å²) in [6.45, 7) is 2.37. The molecule has 0 spiro atoms. The molecule has 1 saturated heterocycles. The van der Waals surface area contributed by atoms with Crippen molar-refractivity contribution in [1.82, 2.24) is 9.97 Å². The first-order valence-corrected chi connectivity index (χ1v) is 4.30. The molecule has 13 heavy (non-hydrogen) atoms. The molecule has 0 saturated carbocycles. The second kappa shape index (κ2) is 3.18. The number of nitrogens with one attached hydrogen (secondary N) is 1. The predicted molar refractivity (Wildman–Crippen MR) is 49.6 cm³/mol. The van der Waals surface area contributed by atoms with E-state index in [4.69, 9.17) is 5.73 Å². The van der Waals surface area contributed by atoms with E-state index in [1.165, 1.54) is 6.20 Å². The molecule has 1 aliphatic rings. The zero-order valence-electron chi connectivity index (χ0n) is 7.23. The van der Waals surface area contributed by atoms with Crippen molar-refractivity contribution < 1.29 is 0 Å². The molecule has 1 fully saturated rings. The molecule has 70 valence electrons. The third-order valence-corrected chi connectivity index (χ3v) is 2.28. The van der Waals surface area contributed by atoms with Crippen molar-refractivity contribution in [1.29, 1.82) is 0 Å². The van der Waals surface area contributed by atoms with Crippen molar-refractivity contribution in [2.45, 2.75) is 0 Å². The minimum absolute atomic E-state index is 0.127. The first kappa shape index (κ1) is 8.25. The molecule has 5 nitrogen and oxygen atoms in total. The summed E-state index contributed by atoms with van der Waals surface area (Å²) in [5.41, 5.74) is 5.35. The molecule has 1 aromatic rings. The van der Waals surface area contributed by atoms with E-state index in [0.29, 0.717) is 18.3 Å². The molecule has 0 radical (unpaired) electrons. The number of rotatable bonds is 2. The van der Waals surface area contributed by atoms with Gasteiger partial charge in [-0.05, 0) is 6.54 Å². The maximum atomic E-state index is 11.3. The average Bonchev–Trinajstić information content (AvgIpc) is 2.06. The van der Waals surface area contributed by atoms with Gasteiger partial charge < -0.3 is 15.6 Å². The number of nitrogens with zero attached hydrogens (tertiary/aromatic N) is 2. The standard InChI is InChI=1S/C8H12N4O/c9-3-6-4-12(5-6)7-8(13)11-2-1-10-7/h1-2,6H,3-5,9H2,(H,11,13). The van der Waals surface area contributed by atoms with E-state index in [0.717, 1.165) is 13.1 Å². The number of hydrogen-bond donors (Lipinski definition) is 2. The zero-order chi connectivity index (χ0) is 9.26. The lowest BCUT2D eigenvalue weighted by atomic mass is 10.0. The van der Waals surface area contributed by atoms with Gasteiger partial charge in [0.25, 0.3) is 5.56 Å². The van der Waals surface area contributed by atoms with Crippen LogP contribution in [0.4, 0.5) is 5.82 Å². The predicted octanol–water partition coefficient (Wildman–Crippen LogP) is -0.835. The van der Waals surface area contributed by atoms with Gasteiger partial charge >= 0.3 is 0 Å². The molecule has 0 aliphatic carbocycles. The fourth-order valence-corrected chi connectivity index (χ4v) is 1.46. The normalized spacial score (nSPS) is 17.2. The molecular weight excluding hydrogens is 168 g/mol. The van der Waals surface area contributed by atoms with E-state index >= 15 is 0 Å². The Morgan fingerprint density at radius 1 is 1.69 bits per heavy atom.